The summed E-state index contributed by atoms with van der Waals surface area (Å²) >= 11 is 2.09. The molecule has 7 rings (SSSR count). The maximum absolute atomic E-state index is 14.1. The summed E-state index contributed by atoms with van der Waals surface area (Å²) in [6.45, 7) is -0.279. The highest BCUT2D eigenvalue weighted by atomic mass is 32.2. The molecule has 0 saturated carbocycles. The van der Waals surface area contributed by atoms with Crippen molar-refractivity contribution in [1.29, 1.82) is 0 Å². The number of non-ortho nitro benzene ring substituents is 1. The molecule has 3 unspecified atom stereocenters. The second kappa shape index (κ2) is 11.8. The number of anilines is 3. The van der Waals surface area contributed by atoms with Crippen molar-refractivity contribution in [3.05, 3.63) is 121 Å². The number of fused-ring (bicyclic) bond motifs is 3. The van der Waals surface area contributed by atoms with Gasteiger partial charge in [0.15, 0.2) is 0 Å². The highest BCUT2D eigenvalue weighted by molar-refractivity contribution is 8.00. The summed E-state index contributed by atoms with van der Waals surface area (Å²) in [6.07, 6.45) is 0. The second-order valence-corrected chi connectivity index (χ2v) is 13.6. The maximum Gasteiger partial charge on any atom is 0.308 e. The lowest BCUT2D eigenvalue weighted by atomic mass is 9.83. The fourth-order valence-corrected chi connectivity index (χ4v) is 9.01. The van der Waals surface area contributed by atoms with E-state index < -0.39 is 39.7 Å². The first-order valence-corrected chi connectivity index (χ1v) is 16.4. The molecule has 236 valence electrons. The highest BCUT2D eigenvalue weighted by Crippen LogP contribution is 2.54. The second-order valence-electron chi connectivity index (χ2n) is 11.5. The standard InChI is InChI=1S/C34H27N5O6S2/c1-36(2)21-12-10-20(11-13-21)27-28-29(32(42)38(31(28)41)22-14-16-23(17-15-22)39(44)45)46-33-30(27)47-34(43)37(33)18-26(40)35-25-9-5-7-19-6-3-4-8-24(19)25/h3-17,27-29H,18H2,1-2H3,(H,35,40). The van der Waals surface area contributed by atoms with Crippen LogP contribution in [0.5, 0.6) is 0 Å². The van der Waals surface area contributed by atoms with Crippen LogP contribution in [0.1, 0.15) is 16.4 Å². The molecule has 2 aliphatic heterocycles. The number of nitro groups is 1. The third kappa shape index (κ3) is 5.26. The van der Waals surface area contributed by atoms with E-state index in [1.54, 1.807) is 6.07 Å². The summed E-state index contributed by atoms with van der Waals surface area (Å²) < 4.78 is 1.38. The van der Waals surface area contributed by atoms with Crippen molar-refractivity contribution < 1.29 is 19.3 Å². The normalized spacial score (nSPS) is 18.6. The Hall–Kier alpha value is -5.27. The number of rotatable bonds is 7. The molecule has 5 aromatic rings. The molecule has 1 aromatic heterocycles. The zero-order valence-electron chi connectivity index (χ0n) is 25.2. The van der Waals surface area contributed by atoms with Gasteiger partial charge in [0.05, 0.1) is 21.6 Å². The van der Waals surface area contributed by atoms with E-state index in [1.165, 1.54) is 28.8 Å². The van der Waals surface area contributed by atoms with Crippen molar-refractivity contribution in [2.45, 2.75) is 22.7 Å². The van der Waals surface area contributed by atoms with Gasteiger partial charge < -0.3 is 10.2 Å². The molecule has 0 radical (unpaired) electrons. The summed E-state index contributed by atoms with van der Waals surface area (Å²) in [5, 5.41) is 15.6. The number of nitrogens with zero attached hydrogens (tertiary/aromatic N) is 4. The van der Waals surface area contributed by atoms with Crippen molar-refractivity contribution >= 4 is 74.3 Å². The van der Waals surface area contributed by atoms with Crippen LogP contribution in [0.3, 0.4) is 0 Å². The third-order valence-corrected chi connectivity index (χ3v) is 11.1. The van der Waals surface area contributed by atoms with Gasteiger partial charge in [0.25, 0.3) is 5.69 Å². The van der Waals surface area contributed by atoms with Crippen LogP contribution in [0, 0.1) is 16.0 Å². The molecule has 4 aromatic carbocycles. The van der Waals surface area contributed by atoms with Crippen LogP contribution in [0.25, 0.3) is 10.8 Å². The first kappa shape index (κ1) is 30.4. The predicted octanol–water partition coefficient (Wildman–Crippen LogP) is 5.47. The number of carbonyl (C=O) groups is 3. The zero-order chi connectivity index (χ0) is 33.0. The molecule has 11 nitrogen and oxygen atoms in total. The van der Waals surface area contributed by atoms with Gasteiger partial charge in [0.1, 0.15) is 11.8 Å². The Labute approximate surface area is 276 Å². The molecule has 47 heavy (non-hydrogen) atoms. The number of aromatic nitrogens is 1. The summed E-state index contributed by atoms with van der Waals surface area (Å²) in [5.74, 6) is -2.80. The number of carbonyl (C=O) groups excluding carboxylic acids is 3. The maximum atomic E-state index is 14.1. The summed E-state index contributed by atoms with van der Waals surface area (Å²) in [5.41, 5.74) is 2.39. The quantitative estimate of drug-likeness (QED) is 0.137. The molecule has 1 saturated heterocycles. The van der Waals surface area contributed by atoms with Gasteiger partial charge in [-0.25, -0.2) is 4.90 Å². The van der Waals surface area contributed by atoms with Crippen molar-refractivity contribution in [2.75, 3.05) is 29.2 Å². The molecule has 1 N–H and O–H groups in total. The third-order valence-electron chi connectivity index (χ3n) is 8.50. The van der Waals surface area contributed by atoms with E-state index in [0.717, 1.165) is 50.0 Å². The van der Waals surface area contributed by atoms with E-state index in [0.29, 0.717) is 15.6 Å². The van der Waals surface area contributed by atoms with Crippen molar-refractivity contribution in [2.24, 2.45) is 5.92 Å². The lowest BCUT2D eigenvalue weighted by Crippen LogP contribution is -2.33. The molecule has 2 aliphatic rings. The number of hydrogen-bond donors (Lipinski definition) is 1. The number of amides is 3. The smallest absolute Gasteiger partial charge is 0.308 e. The van der Waals surface area contributed by atoms with Crippen LogP contribution in [0.2, 0.25) is 0 Å². The molecule has 3 atom stereocenters. The Morgan fingerprint density at radius 2 is 1.62 bits per heavy atom. The van der Waals surface area contributed by atoms with E-state index in [2.05, 4.69) is 5.32 Å². The van der Waals surface area contributed by atoms with Gasteiger partial charge >= 0.3 is 4.87 Å². The van der Waals surface area contributed by atoms with Gasteiger partial charge in [-0.3, -0.25) is 33.9 Å². The molecule has 3 heterocycles. The van der Waals surface area contributed by atoms with Gasteiger partial charge in [-0.15, -0.1) is 0 Å². The highest BCUT2D eigenvalue weighted by Gasteiger charge is 2.56. The number of hydrogen-bond acceptors (Lipinski definition) is 9. The fourth-order valence-electron chi connectivity index (χ4n) is 6.24. The molecule has 3 amide bonds. The molecular weight excluding hydrogens is 639 g/mol. The first-order chi connectivity index (χ1) is 22.6. The minimum Gasteiger partial charge on any atom is -0.378 e. The Morgan fingerprint density at radius 1 is 0.915 bits per heavy atom. The monoisotopic (exact) mass is 665 g/mol. The predicted molar refractivity (Wildman–Crippen MR) is 182 cm³/mol. The van der Waals surface area contributed by atoms with Gasteiger partial charge in [0.2, 0.25) is 17.7 Å². The fraction of sp³-hybridized carbons (Fsp3) is 0.176. The summed E-state index contributed by atoms with van der Waals surface area (Å²) in [6, 6.07) is 26.2. The van der Waals surface area contributed by atoms with Crippen LogP contribution >= 0.6 is 23.1 Å². The summed E-state index contributed by atoms with van der Waals surface area (Å²) in [4.78, 5) is 69.0. The minimum atomic E-state index is -0.884. The summed E-state index contributed by atoms with van der Waals surface area (Å²) in [7, 11) is 3.83. The van der Waals surface area contributed by atoms with Gasteiger partial charge in [-0.1, -0.05) is 71.6 Å². The van der Waals surface area contributed by atoms with Crippen LogP contribution in [-0.2, 0) is 20.9 Å². The molecule has 0 spiro atoms. The first-order valence-electron chi connectivity index (χ1n) is 14.7. The average Bonchev–Trinajstić information content (AvgIpc) is 3.51. The zero-order valence-corrected chi connectivity index (χ0v) is 26.8. The SMILES string of the molecule is CN(C)c1ccc(C2c3sc(=O)n(CC(=O)Nc4cccc5ccccc45)c3SC3C(=O)N(c4ccc([N+](=O)[O-])cc4)C(=O)C32)cc1. The lowest BCUT2D eigenvalue weighted by molar-refractivity contribution is -0.384. The number of thioether (sulfide) groups is 1. The number of thiazole rings is 1. The molecule has 0 bridgehead atoms. The number of benzene rings is 4. The van der Waals surface area contributed by atoms with E-state index in [4.69, 9.17) is 0 Å². The van der Waals surface area contributed by atoms with E-state index >= 15 is 0 Å². The van der Waals surface area contributed by atoms with Crippen LogP contribution in [-0.4, -0.2) is 46.6 Å². The van der Waals surface area contributed by atoms with E-state index in [-0.39, 0.29) is 22.8 Å². The number of imide groups is 1. The lowest BCUT2D eigenvalue weighted by Gasteiger charge is -2.31. The minimum absolute atomic E-state index is 0.161. The van der Waals surface area contributed by atoms with E-state index in [1.807, 2.05) is 79.7 Å². The largest absolute Gasteiger partial charge is 0.378 e. The van der Waals surface area contributed by atoms with Gasteiger partial charge in [0, 0.05) is 53.8 Å². The molecule has 1 fully saturated rings. The Kier molecular flexibility index (Phi) is 7.65. The Bertz CT molecular complexity index is 2140. The Balaban J connectivity index is 1.27. The average molecular weight is 666 g/mol. The van der Waals surface area contributed by atoms with Gasteiger partial charge in [-0.05, 0) is 41.3 Å². The molecule has 13 heteroatoms. The topological polar surface area (TPSA) is 135 Å². The van der Waals surface area contributed by atoms with Crippen LogP contribution in [0.15, 0.2) is 101 Å². The molecular formula is C34H27N5O6S2. The molecule has 0 aliphatic carbocycles. The Morgan fingerprint density at radius 3 is 2.32 bits per heavy atom. The van der Waals surface area contributed by atoms with Crippen LogP contribution in [0.4, 0.5) is 22.7 Å². The number of nitrogens with one attached hydrogen (secondary N) is 1. The van der Waals surface area contributed by atoms with Crippen molar-refractivity contribution in [1.82, 2.24) is 4.57 Å². The van der Waals surface area contributed by atoms with Gasteiger partial charge in [-0.2, -0.15) is 0 Å². The van der Waals surface area contributed by atoms with E-state index in [9.17, 15) is 29.3 Å². The number of nitro benzene ring substituents is 1. The van der Waals surface area contributed by atoms with Crippen molar-refractivity contribution in [3.8, 4) is 0 Å². The van der Waals surface area contributed by atoms with Crippen molar-refractivity contribution in [3.63, 3.8) is 0 Å². The van der Waals surface area contributed by atoms with Crippen LogP contribution < -0.4 is 20.0 Å².